The van der Waals surface area contributed by atoms with Crippen LogP contribution >= 0.6 is 27.7 Å². The standard InChI is InChI=1S/C15H20BrNO3S/c1-5-17(15(3,4)14(19)20)13(18)9-21-12-7-6-11(16)8-10(12)2/h6-8H,5,9H2,1-4H3,(H,19,20). The molecule has 0 fully saturated rings. The first-order valence-corrected chi connectivity index (χ1v) is 8.40. The number of amides is 1. The van der Waals surface area contributed by atoms with E-state index >= 15 is 0 Å². The third kappa shape index (κ3) is 4.48. The molecule has 1 aromatic carbocycles. The van der Waals surface area contributed by atoms with Gasteiger partial charge in [0.25, 0.3) is 0 Å². The maximum atomic E-state index is 12.3. The van der Waals surface area contributed by atoms with Gasteiger partial charge in [-0.05, 0) is 51.5 Å². The molecule has 0 bridgehead atoms. The highest BCUT2D eigenvalue weighted by atomic mass is 79.9. The summed E-state index contributed by atoms with van der Waals surface area (Å²) in [7, 11) is 0. The minimum absolute atomic E-state index is 0.169. The van der Waals surface area contributed by atoms with E-state index in [1.165, 1.54) is 16.7 Å². The molecule has 1 rings (SSSR count). The van der Waals surface area contributed by atoms with Crippen molar-refractivity contribution in [2.45, 2.75) is 38.1 Å². The number of benzene rings is 1. The van der Waals surface area contributed by atoms with Crippen molar-refractivity contribution in [1.82, 2.24) is 4.90 Å². The van der Waals surface area contributed by atoms with Crippen LogP contribution in [0.3, 0.4) is 0 Å². The molecule has 0 saturated heterocycles. The first-order valence-electron chi connectivity index (χ1n) is 6.63. The van der Waals surface area contributed by atoms with Gasteiger partial charge in [0.05, 0.1) is 5.75 Å². The fourth-order valence-electron chi connectivity index (χ4n) is 1.99. The molecule has 0 unspecified atom stereocenters. The lowest BCUT2D eigenvalue weighted by atomic mass is 10.0. The number of carboxylic acids is 1. The summed E-state index contributed by atoms with van der Waals surface area (Å²) in [5.41, 5.74) is -0.107. The van der Waals surface area contributed by atoms with Gasteiger partial charge in [-0.25, -0.2) is 4.79 Å². The van der Waals surface area contributed by atoms with Crippen molar-refractivity contribution >= 4 is 39.6 Å². The molecule has 0 spiro atoms. The lowest BCUT2D eigenvalue weighted by Crippen LogP contribution is -2.53. The number of hydrogen-bond acceptors (Lipinski definition) is 3. The Hall–Kier alpha value is -1.01. The molecule has 4 nitrogen and oxygen atoms in total. The van der Waals surface area contributed by atoms with Crippen molar-refractivity contribution in [3.8, 4) is 0 Å². The Bertz CT molecular complexity index is 546. The van der Waals surface area contributed by atoms with E-state index in [1.807, 2.05) is 25.1 Å². The van der Waals surface area contributed by atoms with Crippen LogP contribution in [0.4, 0.5) is 0 Å². The Kier molecular flexibility index (Phi) is 6.28. The van der Waals surface area contributed by atoms with Gasteiger partial charge in [-0.15, -0.1) is 11.8 Å². The molecule has 0 aromatic heterocycles. The second-order valence-electron chi connectivity index (χ2n) is 5.20. The van der Waals surface area contributed by atoms with Crippen LogP contribution in [0.1, 0.15) is 26.3 Å². The van der Waals surface area contributed by atoms with E-state index in [-0.39, 0.29) is 11.7 Å². The van der Waals surface area contributed by atoms with Crippen molar-refractivity contribution in [2.75, 3.05) is 12.3 Å². The van der Waals surface area contributed by atoms with Crippen LogP contribution < -0.4 is 0 Å². The number of carbonyl (C=O) groups excluding carboxylic acids is 1. The number of aliphatic carboxylic acids is 1. The molecule has 6 heteroatoms. The van der Waals surface area contributed by atoms with Crippen LogP contribution in [0.15, 0.2) is 27.6 Å². The first-order chi connectivity index (χ1) is 9.70. The molecule has 0 radical (unpaired) electrons. The van der Waals surface area contributed by atoms with Gasteiger partial charge in [-0.2, -0.15) is 0 Å². The van der Waals surface area contributed by atoms with Crippen molar-refractivity contribution in [2.24, 2.45) is 0 Å². The van der Waals surface area contributed by atoms with Crippen molar-refractivity contribution in [1.29, 1.82) is 0 Å². The Morgan fingerprint density at radius 3 is 2.48 bits per heavy atom. The normalized spacial score (nSPS) is 11.3. The van der Waals surface area contributed by atoms with E-state index in [4.69, 9.17) is 0 Å². The number of aryl methyl sites for hydroxylation is 1. The van der Waals surface area contributed by atoms with Crippen LogP contribution in [-0.2, 0) is 9.59 Å². The van der Waals surface area contributed by atoms with Gasteiger partial charge in [0, 0.05) is 15.9 Å². The smallest absolute Gasteiger partial charge is 0.329 e. The summed E-state index contributed by atoms with van der Waals surface area (Å²) in [6.07, 6.45) is 0. The predicted octanol–water partition coefficient (Wildman–Crippen LogP) is 3.56. The Labute approximate surface area is 138 Å². The number of likely N-dealkylation sites (N-methyl/N-ethyl adjacent to an activating group) is 1. The lowest BCUT2D eigenvalue weighted by Gasteiger charge is -2.34. The quantitative estimate of drug-likeness (QED) is 0.774. The van der Waals surface area contributed by atoms with E-state index < -0.39 is 11.5 Å². The number of thioether (sulfide) groups is 1. The molecule has 116 valence electrons. The molecule has 0 heterocycles. The zero-order valence-corrected chi connectivity index (χ0v) is 15.0. The van der Waals surface area contributed by atoms with Crippen LogP contribution in [0.25, 0.3) is 0 Å². The summed E-state index contributed by atoms with van der Waals surface area (Å²) in [5.74, 6) is -0.938. The van der Waals surface area contributed by atoms with Gasteiger partial charge in [-0.3, -0.25) is 4.79 Å². The molecule has 21 heavy (non-hydrogen) atoms. The zero-order chi connectivity index (χ0) is 16.2. The molecule has 0 aliphatic rings. The number of rotatable bonds is 6. The van der Waals surface area contributed by atoms with E-state index in [1.54, 1.807) is 20.8 Å². The maximum absolute atomic E-state index is 12.3. The Morgan fingerprint density at radius 2 is 2.00 bits per heavy atom. The minimum Gasteiger partial charge on any atom is -0.480 e. The van der Waals surface area contributed by atoms with Gasteiger partial charge in [0.15, 0.2) is 0 Å². The largest absolute Gasteiger partial charge is 0.480 e. The van der Waals surface area contributed by atoms with Gasteiger partial charge in [0.1, 0.15) is 5.54 Å². The van der Waals surface area contributed by atoms with Crippen molar-refractivity contribution in [3.05, 3.63) is 28.2 Å². The summed E-state index contributed by atoms with van der Waals surface area (Å²) in [6, 6.07) is 5.88. The maximum Gasteiger partial charge on any atom is 0.329 e. The molecule has 1 amide bonds. The second kappa shape index (κ2) is 7.31. The number of nitrogens with zero attached hydrogens (tertiary/aromatic N) is 1. The number of halogens is 1. The zero-order valence-electron chi connectivity index (χ0n) is 12.6. The van der Waals surface area contributed by atoms with E-state index in [9.17, 15) is 14.7 Å². The number of carbonyl (C=O) groups is 2. The SMILES string of the molecule is CCN(C(=O)CSc1ccc(Br)cc1C)C(C)(C)C(=O)O. The average molecular weight is 374 g/mol. The summed E-state index contributed by atoms with van der Waals surface area (Å²) in [6.45, 7) is 7.24. The fraction of sp³-hybridized carbons (Fsp3) is 0.467. The number of hydrogen-bond donors (Lipinski definition) is 1. The molecular weight excluding hydrogens is 354 g/mol. The van der Waals surface area contributed by atoms with Crippen LogP contribution in [-0.4, -0.2) is 39.7 Å². The predicted molar refractivity (Wildman–Crippen MR) is 88.7 cm³/mol. The van der Waals surface area contributed by atoms with Crippen LogP contribution in [0, 0.1) is 6.92 Å². The van der Waals surface area contributed by atoms with E-state index in [0.717, 1.165) is 14.9 Å². The fourth-order valence-corrected chi connectivity index (χ4v) is 3.35. The molecule has 1 aromatic rings. The highest BCUT2D eigenvalue weighted by Crippen LogP contribution is 2.26. The van der Waals surface area contributed by atoms with Crippen LogP contribution in [0.5, 0.6) is 0 Å². The van der Waals surface area contributed by atoms with Gasteiger partial charge in [-0.1, -0.05) is 15.9 Å². The number of carboxylic acid groups (broad SMARTS) is 1. The van der Waals surface area contributed by atoms with Crippen molar-refractivity contribution < 1.29 is 14.7 Å². The summed E-state index contributed by atoms with van der Waals surface area (Å²) in [4.78, 5) is 26.0. The molecule has 0 aliphatic carbocycles. The lowest BCUT2D eigenvalue weighted by molar-refractivity contribution is -0.155. The average Bonchev–Trinajstić information content (AvgIpc) is 2.38. The second-order valence-corrected chi connectivity index (χ2v) is 7.13. The minimum atomic E-state index is -1.19. The summed E-state index contributed by atoms with van der Waals surface area (Å²) in [5, 5.41) is 9.25. The highest BCUT2D eigenvalue weighted by Gasteiger charge is 2.36. The van der Waals surface area contributed by atoms with Crippen molar-refractivity contribution in [3.63, 3.8) is 0 Å². The van der Waals surface area contributed by atoms with Crippen LogP contribution in [0.2, 0.25) is 0 Å². The molecule has 0 saturated carbocycles. The molecular formula is C15H20BrNO3S. The van der Waals surface area contributed by atoms with Gasteiger partial charge < -0.3 is 10.0 Å². The molecule has 1 N–H and O–H groups in total. The summed E-state index contributed by atoms with van der Waals surface area (Å²) < 4.78 is 0.998. The topological polar surface area (TPSA) is 57.6 Å². The third-order valence-corrected chi connectivity index (χ3v) is 4.96. The Balaban J connectivity index is 2.78. The molecule has 0 atom stereocenters. The monoisotopic (exact) mass is 373 g/mol. The summed E-state index contributed by atoms with van der Waals surface area (Å²) >= 11 is 4.83. The van der Waals surface area contributed by atoms with E-state index in [0.29, 0.717) is 6.54 Å². The van der Waals surface area contributed by atoms with E-state index in [2.05, 4.69) is 15.9 Å². The van der Waals surface area contributed by atoms with Gasteiger partial charge >= 0.3 is 5.97 Å². The molecule has 0 aliphatic heterocycles. The first kappa shape index (κ1) is 18.0. The van der Waals surface area contributed by atoms with Gasteiger partial charge in [0.2, 0.25) is 5.91 Å². The highest BCUT2D eigenvalue weighted by molar-refractivity contribution is 9.10. The third-order valence-electron chi connectivity index (χ3n) is 3.30. The Morgan fingerprint density at radius 1 is 1.38 bits per heavy atom.